The highest BCUT2D eigenvalue weighted by molar-refractivity contribution is 6.42. The molecule has 2 saturated heterocycles. The van der Waals surface area contributed by atoms with Gasteiger partial charge in [0, 0.05) is 18.1 Å². The quantitative estimate of drug-likeness (QED) is 0.530. The summed E-state index contributed by atoms with van der Waals surface area (Å²) >= 11 is 12.0. The average Bonchev–Trinajstić information content (AvgIpc) is 3.23. The van der Waals surface area contributed by atoms with Crippen molar-refractivity contribution in [3.8, 4) is 0 Å². The van der Waals surface area contributed by atoms with Crippen molar-refractivity contribution >= 4 is 58.5 Å². The Bertz CT molecular complexity index is 1140. The van der Waals surface area contributed by atoms with Crippen LogP contribution in [-0.2, 0) is 9.59 Å². The van der Waals surface area contributed by atoms with E-state index in [2.05, 4.69) is 5.32 Å². The van der Waals surface area contributed by atoms with E-state index in [9.17, 15) is 18.8 Å². The number of halogens is 3. The number of aryl methyl sites for hydroxylation is 1. The smallest absolute Gasteiger partial charge is 0.335 e. The molecule has 0 unspecified atom stereocenters. The lowest BCUT2D eigenvalue weighted by Crippen LogP contribution is -2.54. The molecule has 0 aliphatic carbocycles. The first kappa shape index (κ1) is 21.3. The zero-order valence-corrected chi connectivity index (χ0v) is 18.1. The van der Waals surface area contributed by atoms with Gasteiger partial charge in [-0.05, 0) is 67.3 Å². The monoisotopic (exact) mass is 461 g/mol. The van der Waals surface area contributed by atoms with Crippen molar-refractivity contribution < 1.29 is 18.8 Å². The zero-order valence-electron chi connectivity index (χ0n) is 16.5. The Balaban J connectivity index is 1.72. The Kier molecular flexibility index (Phi) is 5.73. The van der Waals surface area contributed by atoms with Crippen LogP contribution in [0.4, 0.5) is 20.6 Å². The van der Waals surface area contributed by atoms with Crippen LogP contribution in [0.15, 0.2) is 35.9 Å². The molecule has 2 aliphatic rings. The molecule has 2 aromatic rings. The summed E-state index contributed by atoms with van der Waals surface area (Å²) in [6.07, 6.45) is 3.30. The maximum absolute atomic E-state index is 14.8. The van der Waals surface area contributed by atoms with E-state index in [1.807, 2.05) is 4.90 Å². The first-order chi connectivity index (χ1) is 14.8. The summed E-state index contributed by atoms with van der Waals surface area (Å²) in [4.78, 5) is 40.5. The van der Waals surface area contributed by atoms with Crippen LogP contribution in [0.2, 0.25) is 10.0 Å². The molecule has 0 aromatic heterocycles. The lowest BCUT2D eigenvalue weighted by atomic mass is 10.0. The highest BCUT2D eigenvalue weighted by atomic mass is 35.5. The normalized spacial score (nSPS) is 18.2. The fourth-order valence-electron chi connectivity index (χ4n) is 3.73. The number of urea groups is 1. The second-order valence-electron chi connectivity index (χ2n) is 7.41. The van der Waals surface area contributed by atoms with E-state index < -0.39 is 23.7 Å². The van der Waals surface area contributed by atoms with Gasteiger partial charge in [0.15, 0.2) is 0 Å². The van der Waals surface area contributed by atoms with Crippen LogP contribution in [-0.4, -0.2) is 30.9 Å². The molecule has 2 heterocycles. The third-order valence-corrected chi connectivity index (χ3v) is 5.87. The van der Waals surface area contributed by atoms with Crippen LogP contribution in [0.3, 0.4) is 0 Å². The molecule has 2 aromatic carbocycles. The van der Waals surface area contributed by atoms with Gasteiger partial charge in [-0.25, -0.2) is 14.1 Å². The first-order valence-corrected chi connectivity index (χ1v) is 10.4. The number of imide groups is 2. The highest BCUT2D eigenvalue weighted by Crippen LogP contribution is 2.32. The summed E-state index contributed by atoms with van der Waals surface area (Å²) in [5.74, 6) is -2.15. The standard InChI is InChI=1S/C22H18Cl2FN3O3/c1-12-8-19(27-6-2-3-7-27)17(25)10-13(12)9-15-20(29)26-22(31)28(21(15)30)18-5-4-14(23)11-16(18)24/h4-5,8-11H,2-3,6-7H2,1H3,(H,26,29,31)/b15-9+. The summed E-state index contributed by atoms with van der Waals surface area (Å²) < 4.78 is 14.8. The lowest BCUT2D eigenvalue weighted by Gasteiger charge is -2.27. The summed E-state index contributed by atoms with van der Waals surface area (Å²) in [5.41, 5.74) is 1.35. The van der Waals surface area contributed by atoms with E-state index in [1.165, 1.54) is 30.3 Å². The van der Waals surface area contributed by atoms with Crippen molar-refractivity contribution in [1.29, 1.82) is 0 Å². The van der Waals surface area contributed by atoms with E-state index in [0.29, 0.717) is 21.8 Å². The molecular weight excluding hydrogens is 444 g/mol. The van der Waals surface area contributed by atoms with Crippen LogP contribution < -0.4 is 15.1 Å². The first-order valence-electron chi connectivity index (χ1n) is 9.68. The van der Waals surface area contributed by atoms with Gasteiger partial charge in [0.25, 0.3) is 11.8 Å². The molecule has 1 N–H and O–H groups in total. The van der Waals surface area contributed by atoms with Crippen molar-refractivity contribution in [2.45, 2.75) is 19.8 Å². The number of hydrogen-bond donors (Lipinski definition) is 1. The minimum atomic E-state index is -0.927. The highest BCUT2D eigenvalue weighted by Gasteiger charge is 2.38. The molecule has 0 saturated carbocycles. The number of amides is 4. The molecule has 0 atom stereocenters. The van der Waals surface area contributed by atoms with Gasteiger partial charge in [-0.1, -0.05) is 23.2 Å². The SMILES string of the molecule is Cc1cc(N2CCCC2)c(F)cc1/C=C1\C(=O)NC(=O)N(c2ccc(Cl)cc2Cl)C1=O. The van der Waals surface area contributed by atoms with Gasteiger partial charge in [-0.15, -0.1) is 0 Å². The van der Waals surface area contributed by atoms with E-state index in [-0.39, 0.29) is 16.3 Å². The van der Waals surface area contributed by atoms with Crippen LogP contribution in [0.1, 0.15) is 24.0 Å². The van der Waals surface area contributed by atoms with E-state index in [1.54, 1.807) is 13.0 Å². The number of nitrogens with zero attached hydrogens (tertiary/aromatic N) is 2. The predicted molar refractivity (Wildman–Crippen MR) is 118 cm³/mol. The number of nitrogens with one attached hydrogen (secondary N) is 1. The van der Waals surface area contributed by atoms with Gasteiger partial charge >= 0.3 is 6.03 Å². The topological polar surface area (TPSA) is 69.7 Å². The Labute approximate surface area is 188 Å². The van der Waals surface area contributed by atoms with Crippen molar-refractivity contribution in [2.24, 2.45) is 0 Å². The Hall–Kier alpha value is -2.90. The number of barbiturate groups is 1. The fraction of sp³-hybridized carbons (Fsp3) is 0.227. The number of benzene rings is 2. The third-order valence-electron chi connectivity index (χ3n) is 5.33. The second kappa shape index (κ2) is 8.32. The zero-order chi connectivity index (χ0) is 22.3. The molecule has 160 valence electrons. The van der Waals surface area contributed by atoms with Gasteiger partial charge in [-0.2, -0.15) is 0 Å². The summed E-state index contributed by atoms with van der Waals surface area (Å²) in [6, 6.07) is 6.34. The van der Waals surface area contributed by atoms with E-state index in [4.69, 9.17) is 23.2 Å². The maximum atomic E-state index is 14.8. The Morgan fingerprint density at radius 3 is 2.42 bits per heavy atom. The van der Waals surface area contributed by atoms with Crippen LogP contribution in [0.25, 0.3) is 6.08 Å². The van der Waals surface area contributed by atoms with E-state index in [0.717, 1.165) is 30.8 Å². The molecule has 31 heavy (non-hydrogen) atoms. The average molecular weight is 462 g/mol. The van der Waals surface area contributed by atoms with Crippen molar-refractivity contribution in [2.75, 3.05) is 22.9 Å². The molecule has 4 amide bonds. The van der Waals surface area contributed by atoms with Gasteiger partial charge in [-0.3, -0.25) is 14.9 Å². The molecule has 9 heteroatoms. The number of rotatable bonds is 3. The molecule has 2 aliphatic heterocycles. The van der Waals surface area contributed by atoms with Crippen molar-refractivity contribution in [3.05, 3.63) is 62.9 Å². The summed E-state index contributed by atoms with van der Waals surface area (Å²) in [5, 5.41) is 2.53. The van der Waals surface area contributed by atoms with Crippen LogP contribution in [0, 0.1) is 12.7 Å². The maximum Gasteiger partial charge on any atom is 0.335 e. The molecular formula is C22H18Cl2FN3O3. The summed E-state index contributed by atoms with van der Waals surface area (Å²) in [7, 11) is 0. The van der Waals surface area contributed by atoms with Gasteiger partial charge in [0.05, 0.1) is 16.4 Å². The fourth-order valence-corrected chi connectivity index (χ4v) is 4.22. The minimum absolute atomic E-state index is 0.0712. The number of anilines is 2. The number of hydrogen-bond acceptors (Lipinski definition) is 4. The second-order valence-corrected chi connectivity index (χ2v) is 8.25. The third kappa shape index (κ3) is 4.03. The molecule has 6 nitrogen and oxygen atoms in total. The number of carbonyl (C=O) groups excluding carboxylic acids is 3. The van der Waals surface area contributed by atoms with Crippen LogP contribution >= 0.6 is 23.2 Å². The molecule has 2 fully saturated rings. The molecule has 0 radical (unpaired) electrons. The minimum Gasteiger partial charge on any atom is -0.369 e. The Morgan fingerprint density at radius 2 is 1.74 bits per heavy atom. The van der Waals surface area contributed by atoms with Gasteiger partial charge < -0.3 is 4.90 Å². The predicted octanol–water partition coefficient (Wildman–Crippen LogP) is 4.71. The van der Waals surface area contributed by atoms with Crippen molar-refractivity contribution in [1.82, 2.24) is 5.32 Å². The Morgan fingerprint density at radius 1 is 1.03 bits per heavy atom. The molecule has 4 rings (SSSR count). The molecule has 0 bridgehead atoms. The molecule has 0 spiro atoms. The van der Waals surface area contributed by atoms with Gasteiger partial charge in [0.1, 0.15) is 11.4 Å². The number of carbonyl (C=O) groups is 3. The summed E-state index contributed by atoms with van der Waals surface area (Å²) in [6.45, 7) is 3.35. The lowest BCUT2D eigenvalue weighted by molar-refractivity contribution is -0.122. The van der Waals surface area contributed by atoms with Crippen LogP contribution in [0.5, 0.6) is 0 Å². The van der Waals surface area contributed by atoms with E-state index >= 15 is 0 Å². The van der Waals surface area contributed by atoms with Crippen molar-refractivity contribution in [3.63, 3.8) is 0 Å². The van der Waals surface area contributed by atoms with Gasteiger partial charge in [0.2, 0.25) is 0 Å². The largest absolute Gasteiger partial charge is 0.369 e.